The molecule has 1 aliphatic heterocycles. The van der Waals surface area contributed by atoms with Crippen LogP contribution in [0.15, 0.2) is 188 Å². The van der Waals surface area contributed by atoms with Crippen molar-refractivity contribution < 1.29 is 0 Å². The summed E-state index contributed by atoms with van der Waals surface area (Å²) in [6, 6.07) is 50.6. The molecule has 1 unspecified atom stereocenters. The maximum Gasteiger partial charge on any atom is 0.0961 e. The highest BCUT2D eigenvalue weighted by atomic mass is 15.0. The van der Waals surface area contributed by atoms with Crippen LogP contribution in [0, 0.1) is 0 Å². The molecule has 1 atom stereocenters. The lowest BCUT2D eigenvalue weighted by Gasteiger charge is -2.35. The van der Waals surface area contributed by atoms with E-state index in [1.165, 1.54) is 61.3 Å². The van der Waals surface area contributed by atoms with Gasteiger partial charge < -0.3 is 15.2 Å². The van der Waals surface area contributed by atoms with Crippen LogP contribution >= 0.6 is 0 Å². The van der Waals surface area contributed by atoms with E-state index in [9.17, 15) is 0 Å². The van der Waals surface area contributed by atoms with E-state index in [1.54, 1.807) is 0 Å². The van der Waals surface area contributed by atoms with Crippen molar-refractivity contribution in [1.82, 2.24) is 19.9 Å². The molecule has 0 amide bonds. The molecule has 0 saturated heterocycles. The van der Waals surface area contributed by atoms with Gasteiger partial charge in [-0.15, -0.1) is 0 Å². The zero-order valence-corrected chi connectivity index (χ0v) is 31.4. The minimum absolute atomic E-state index is 0.432. The Bertz CT molecular complexity index is 2920. The average molecular weight is 734 g/mol. The first-order valence-electron chi connectivity index (χ1n) is 19.7. The van der Waals surface area contributed by atoms with Gasteiger partial charge in [-0.2, -0.15) is 0 Å². The molecule has 5 aromatic carbocycles. The Labute approximate surface area is 332 Å². The van der Waals surface area contributed by atoms with Crippen LogP contribution in [0.4, 0.5) is 11.4 Å². The maximum absolute atomic E-state index is 4.71. The van der Waals surface area contributed by atoms with Crippen LogP contribution in [0.25, 0.3) is 56.2 Å². The second kappa shape index (κ2) is 13.5. The van der Waals surface area contributed by atoms with Crippen molar-refractivity contribution in [2.24, 2.45) is 0 Å². The number of pyridine rings is 2. The normalized spacial score (nSPS) is 16.4. The maximum atomic E-state index is 4.71. The SMILES string of the molecule is C1=CC(C2(c3ccccc3)c3ccncc3-c3ccc(-c4ccccc4Nc4ccc(-c5ccc(-n6c7c(c8ncccc86)C=CNC7)cc5)cc4)cc32)=CCC1. The summed E-state index contributed by atoms with van der Waals surface area (Å²) in [4.78, 5) is 9.32. The van der Waals surface area contributed by atoms with Crippen LogP contribution in [-0.2, 0) is 12.0 Å². The molecule has 5 heteroatoms. The van der Waals surface area contributed by atoms with E-state index in [-0.39, 0.29) is 0 Å². The van der Waals surface area contributed by atoms with Gasteiger partial charge in [0.05, 0.1) is 28.7 Å². The first kappa shape index (κ1) is 33.1. The summed E-state index contributed by atoms with van der Waals surface area (Å²) in [6.07, 6.45) is 19.2. The van der Waals surface area contributed by atoms with E-state index in [0.29, 0.717) is 0 Å². The molecule has 2 aliphatic carbocycles. The van der Waals surface area contributed by atoms with Crippen molar-refractivity contribution in [2.75, 3.05) is 5.32 Å². The number of fused-ring (bicyclic) bond motifs is 6. The summed E-state index contributed by atoms with van der Waals surface area (Å²) in [5.74, 6) is 0. The molecule has 5 nitrogen and oxygen atoms in total. The first-order chi connectivity index (χ1) is 28.3. The molecule has 8 aromatic rings. The molecular formula is C52H39N5. The molecule has 0 saturated carbocycles. The number of hydrogen-bond donors (Lipinski definition) is 2. The van der Waals surface area contributed by atoms with Crippen molar-refractivity contribution in [3.8, 4) is 39.1 Å². The monoisotopic (exact) mass is 733 g/mol. The molecule has 0 spiro atoms. The third-order valence-electron chi connectivity index (χ3n) is 11.9. The van der Waals surface area contributed by atoms with Crippen LogP contribution in [0.3, 0.4) is 0 Å². The summed E-state index contributed by atoms with van der Waals surface area (Å²) in [5, 5.41) is 7.15. The summed E-state index contributed by atoms with van der Waals surface area (Å²) < 4.78 is 2.32. The Balaban J connectivity index is 0.921. The summed E-state index contributed by atoms with van der Waals surface area (Å²) in [5.41, 5.74) is 19.7. The zero-order valence-electron chi connectivity index (χ0n) is 31.4. The van der Waals surface area contributed by atoms with Crippen LogP contribution < -0.4 is 10.6 Å². The zero-order chi connectivity index (χ0) is 37.8. The molecular weight excluding hydrogens is 695 g/mol. The largest absolute Gasteiger partial charge is 0.385 e. The van der Waals surface area contributed by atoms with Gasteiger partial charge in [0.25, 0.3) is 0 Å². The number of benzene rings is 5. The van der Waals surface area contributed by atoms with E-state index in [1.807, 2.05) is 30.9 Å². The fraction of sp³-hybridized carbons (Fsp3) is 0.0769. The molecule has 0 radical (unpaired) electrons. The van der Waals surface area contributed by atoms with E-state index < -0.39 is 5.41 Å². The van der Waals surface area contributed by atoms with Gasteiger partial charge in [0.1, 0.15) is 0 Å². The topological polar surface area (TPSA) is 54.8 Å². The third-order valence-corrected chi connectivity index (χ3v) is 11.9. The minimum Gasteiger partial charge on any atom is -0.385 e. The lowest BCUT2D eigenvalue weighted by molar-refractivity contribution is 0.750. The molecule has 0 bridgehead atoms. The van der Waals surface area contributed by atoms with Gasteiger partial charge in [-0.05, 0) is 124 Å². The molecule has 11 rings (SSSR count). The van der Waals surface area contributed by atoms with Gasteiger partial charge >= 0.3 is 0 Å². The first-order valence-corrected chi connectivity index (χ1v) is 19.7. The number of nitrogens with zero attached hydrogens (tertiary/aromatic N) is 3. The fourth-order valence-corrected chi connectivity index (χ4v) is 9.38. The van der Waals surface area contributed by atoms with Crippen molar-refractivity contribution in [1.29, 1.82) is 0 Å². The molecule has 3 aromatic heterocycles. The number of para-hydroxylation sites is 1. The number of hydrogen-bond acceptors (Lipinski definition) is 4. The third kappa shape index (κ3) is 5.31. The van der Waals surface area contributed by atoms with E-state index in [0.717, 1.165) is 53.0 Å². The molecule has 272 valence electrons. The quantitative estimate of drug-likeness (QED) is 0.171. The molecule has 0 fully saturated rings. The van der Waals surface area contributed by atoms with Gasteiger partial charge in [-0.3, -0.25) is 9.97 Å². The highest BCUT2D eigenvalue weighted by molar-refractivity contribution is 5.92. The van der Waals surface area contributed by atoms with Gasteiger partial charge in [0.2, 0.25) is 0 Å². The average Bonchev–Trinajstić information content (AvgIpc) is 3.78. The van der Waals surface area contributed by atoms with Crippen LogP contribution in [-0.4, -0.2) is 14.5 Å². The number of nitrogens with one attached hydrogen (secondary N) is 2. The smallest absolute Gasteiger partial charge is 0.0961 e. The highest BCUT2D eigenvalue weighted by Crippen LogP contribution is 2.57. The van der Waals surface area contributed by atoms with Crippen molar-refractivity contribution >= 4 is 28.5 Å². The Morgan fingerprint density at radius 1 is 0.649 bits per heavy atom. The van der Waals surface area contributed by atoms with Crippen molar-refractivity contribution in [3.63, 3.8) is 0 Å². The highest BCUT2D eigenvalue weighted by Gasteiger charge is 2.47. The van der Waals surface area contributed by atoms with E-state index in [2.05, 4.69) is 178 Å². The Morgan fingerprint density at radius 3 is 2.30 bits per heavy atom. The summed E-state index contributed by atoms with van der Waals surface area (Å²) >= 11 is 0. The fourth-order valence-electron chi connectivity index (χ4n) is 9.38. The second-order valence-electron chi connectivity index (χ2n) is 15.0. The summed E-state index contributed by atoms with van der Waals surface area (Å²) in [7, 11) is 0. The lowest BCUT2D eigenvalue weighted by Crippen LogP contribution is -2.29. The number of anilines is 2. The number of aromatic nitrogens is 3. The number of allylic oxidation sites excluding steroid dienone is 4. The predicted octanol–water partition coefficient (Wildman–Crippen LogP) is 12.2. The van der Waals surface area contributed by atoms with Crippen molar-refractivity contribution in [3.05, 3.63) is 216 Å². The van der Waals surface area contributed by atoms with Crippen LogP contribution in [0.2, 0.25) is 0 Å². The summed E-state index contributed by atoms with van der Waals surface area (Å²) in [6.45, 7) is 0.768. The Morgan fingerprint density at radius 2 is 1.46 bits per heavy atom. The molecule has 57 heavy (non-hydrogen) atoms. The van der Waals surface area contributed by atoms with Gasteiger partial charge in [0, 0.05) is 52.3 Å². The second-order valence-corrected chi connectivity index (χ2v) is 15.0. The van der Waals surface area contributed by atoms with Gasteiger partial charge in [-0.1, -0.05) is 103 Å². The van der Waals surface area contributed by atoms with Crippen LogP contribution in [0.5, 0.6) is 0 Å². The van der Waals surface area contributed by atoms with E-state index in [4.69, 9.17) is 4.98 Å². The Hall–Kier alpha value is -7.24. The minimum atomic E-state index is -0.432. The standard InChI is InChI=1S/C52H39N5/c1-3-10-38(11-4-1)52(39-12-5-2-6-13-39)46-28-31-53-33-45(46)43-26-21-37(32-47(43)52)42-14-7-8-15-48(42)56-40-22-17-35(18-23-40)36-19-24-41(25-20-36)57-49-16-9-29-55-51(49)44-27-30-54-34-50(44)57/h1,3-5,7-33,54,56H,2,6,34H2. The van der Waals surface area contributed by atoms with Gasteiger partial charge in [0.15, 0.2) is 0 Å². The molecule has 4 heterocycles. The predicted molar refractivity (Wildman–Crippen MR) is 234 cm³/mol. The molecule has 2 N–H and O–H groups in total. The lowest BCUT2D eigenvalue weighted by atomic mass is 9.66. The molecule has 3 aliphatic rings. The van der Waals surface area contributed by atoms with E-state index >= 15 is 0 Å². The van der Waals surface area contributed by atoms with Gasteiger partial charge in [-0.25, -0.2) is 0 Å². The Kier molecular flexibility index (Phi) is 7.85. The van der Waals surface area contributed by atoms with Crippen molar-refractivity contribution in [2.45, 2.75) is 24.8 Å². The van der Waals surface area contributed by atoms with Crippen LogP contribution in [0.1, 0.15) is 40.8 Å². The number of rotatable bonds is 7.